The van der Waals surface area contributed by atoms with Crippen LogP contribution in [0.4, 0.5) is 0 Å². The summed E-state index contributed by atoms with van der Waals surface area (Å²) >= 11 is 0. The van der Waals surface area contributed by atoms with Crippen LogP contribution in [0.1, 0.15) is 18.9 Å². The van der Waals surface area contributed by atoms with Crippen molar-refractivity contribution in [2.24, 2.45) is 0 Å². The predicted octanol–water partition coefficient (Wildman–Crippen LogP) is 2.53. The highest BCUT2D eigenvalue weighted by Gasteiger charge is 2.42. The number of benzene rings is 2. The molecule has 0 saturated heterocycles. The number of sulfone groups is 1. The van der Waals surface area contributed by atoms with Gasteiger partial charge < -0.3 is 14.6 Å². The number of carbonyl (C=O) groups is 1. The lowest BCUT2D eigenvalue weighted by Crippen LogP contribution is -2.46. The van der Waals surface area contributed by atoms with Gasteiger partial charge >= 0.3 is 0 Å². The van der Waals surface area contributed by atoms with Gasteiger partial charge in [0.15, 0.2) is 15.6 Å². The lowest BCUT2D eigenvalue weighted by Gasteiger charge is -2.25. The minimum atomic E-state index is -3.78. The van der Waals surface area contributed by atoms with Gasteiger partial charge in [0.2, 0.25) is 0 Å². The van der Waals surface area contributed by atoms with Gasteiger partial charge in [0.25, 0.3) is 5.56 Å². The summed E-state index contributed by atoms with van der Waals surface area (Å²) in [6, 6.07) is 15.9. The number of aliphatic hydroxyl groups is 1. The number of hydrogen-bond acceptors (Lipinski definition) is 6. The van der Waals surface area contributed by atoms with E-state index in [0.717, 1.165) is 35.7 Å². The topological polar surface area (TPSA) is 96.7 Å². The third kappa shape index (κ3) is 5.46. The molecule has 34 heavy (non-hydrogen) atoms. The van der Waals surface area contributed by atoms with Gasteiger partial charge in [0.05, 0.1) is 0 Å². The van der Waals surface area contributed by atoms with Crippen molar-refractivity contribution >= 4 is 26.4 Å². The number of ketones is 1. The average Bonchev–Trinajstić information content (AvgIpc) is 2.81. The Balaban J connectivity index is 1.85. The second kappa shape index (κ2) is 10.2. The van der Waals surface area contributed by atoms with Crippen molar-refractivity contribution in [3.63, 3.8) is 0 Å². The second-order valence-electron chi connectivity index (χ2n) is 9.20. The van der Waals surface area contributed by atoms with E-state index in [9.17, 15) is 23.1 Å². The summed E-state index contributed by atoms with van der Waals surface area (Å²) in [5.74, 6) is -0.777. The number of likely N-dealkylation sites (N-methyl/N-ethyl adjacent to an activating group) is 1. The maximum absolute atomic E-state index is 13.0. The largest absolute Gasteiger partial charge is 0.389 e. The van der Waals surface area contributed by atoms with Crippen LogP contribution in [0.5, 0.6) is 0 Å². The van der Waals surface area contributed by atoms with E-state index in [0.29, 0.717) is 5.39 Å². The number of fused-ring (bicyclic) bond motifs is 1. The van der Waals surface area contributed by atoms with E-state index in [2.05, 4.69) is 43.3 Å². The molecule has 3 rings (SSSR count). The summed E-state index contributed by atoms with van der Waals surface area (Å²) in [5.41, 5.74) is 3.07. The molecule has 0 spiro atoms. The number of carbonyl (C=O) groups excluding carboxylic acids is 1. The standard InChI is InChI=1S/C26H32N2O5S/c1-26(24(30)18-29,34(4,32)33)13-16-28-15-12-22-17-21(9-10-23(22)25(28)31)20-7-5-19(6-8-20)11-14-27(2)3/h5-10,12,15,17,29H,11,13-14,16,18H2,1-4H3/t26-/m1/s1. The lowest BCUT2D eigenvalue weighted by molar-refractivity contribution is -0.124. The molecular formula is C26H32N2O5S. The van der Waals surface area contributed by atoms with Gasteiger partial charge in [-0.15, -0.1) is 0 Å². The molecule has 1 atom stereocenters. The van der Waals surface area contributed by atoms with Crippen molar-refractivity contribution in [1.29, 1.82) is 0 Å². The third-order valence-electron chi connectivity index (χ3n) is 6.49. The molecule has 0 bridgehead atoms. The quantitative estimate of drug-likeness (QED) is 0.475. The Bertz CT molecular complexity index is 1340. The zero-order chi connectivity index (χ0) is 25.1. The van der Waals surface area contributed by atoms with Crippen LogP contribution in [0.2, 0.25) is 0 Å². The Morgan fingerprint density at radius 3 is 2.29 bits per heavy atom. The first-order valence-electron chi connectivity index (χ1n) is 11.2. The van der Waals surface area contributed by atoms with Crippen molar-refractivity contribution in [3.8, 4) is 11.1 Å². The fourth-order valence-corrected chi connectivity index (χ4v) is 4.83. The maximum Gasteiger partial charge on any atom is 0.258 e. The van der Waals surface area contributed by atoms with Crippen LogP contribution in [-0.4, -0.2) is 67.0 Å². The highest BCUT2D eigenvalue weighted by Crippen LogP contribution is 2.25. The van der Waals surface area contributed by atoms with Crippen molar-refractivity contribution in [1.82, 2.24) is 9.47 Å². The van der Waals surface area contributed by atoms with E-state index in [1.807, 2.05) is 18.2 Å². The SMILES string of the molecule is CN(C)CCc1ccc(-c2ccc3c(=O)n(CC[C@](C)(C(=O)CO)S(C)(=O)=O)ccc3c2)cc1. The summed E-state index contributed by atoms with van der Waals surface area (Å²) in [6.07, 6.45) is 3.46. The molecule has 0 aliphatic heterocycles. The first kappa shape index (κ1) is 25.8. The van der Waals surface area contributed by atoms with Gasteiger partial charge in [-0.05, 0) is 74.1 Å². The first-order chi connectivity index (χ1) is 16.0. The van der Waals surface area contributed by atoms with Crippen LogP contribution in [-0.2, 0) is 27.6 Å². The number of aliphatic hydroxyl groups excluding tert-OH is 1. The van der Waals surface area contributed by atoms with E-state index < -0.39 is 27.0 Å². The monoisotopic (exact) mass is 484 g/mol. The molecule has 0 aliphatic carbocycles. The number of pyridine rings is 1. The van der Waals surface area contributed by atoms with Gasteiger partial charge in [0.1, 0.15) is 11.4 Å². The van der Waals surface area contributed by atoms with Gasteiger partial charge in [-0.3, -0.25) is 9.59 Å². The molecule has 0 radical (unpaired) electrons. The number of nitrogens with zero attached hydrogens (tertiary/aromatic N) is 2. The van der Waals surface area contributed by atoms with Crippen molar-refractivity contribution in [3.05, 3.63) is 70.6 Å². The third-order valence-corrected chi connectivity index (χ3v) is 8.56. The normalized spacial score (nSPS) is 13.8. The molecule has 1 aromatic heterocycles. The molecule has 7 nitrogen and oxygen atoms in total. The molecule has 0 amide bonds. The second-order valence-corrected chi connectivity index (χ2v) is 11.6. The van der Waals surface area contributed by atoms with E-state index in [1.54, 1.807) is 12.3 Å². The number of rotatable bonds is 10. The van der Waals surface area contributed by atoms with Crippen molar-refractivity contribution in [2.45, 2.75) is 31.1 Å². The van der Waals surface area contributed by atoms with Crippen LogP contribution >= 0.6 is 0 Å². The van der Waals surface area contributed by atoms with E-state index in [4.69, 9.17) is 0 Å². The minimum Gasteiger partial charge on any atom is -0.389 e. The fourth-order valence-electron chi connectivity index (χ4n) is 3.89. The average molecular weight is 485 g/mol. The molecule has 182 valence electrons. The summed E-state index contributed by atoms with van der Waals surface area (Å²) in [6.45, 7) is 1.46. The van der Waals surface area contributed by atoms with Crippen molar-refractivity contribution < 1.29 is 18.3 Å². The van der Waals surface area contributed by atoms with Crippen LogP contribution < -0.4 is 5.56 Å². The van der Waals surface area contributed by atoms with E-state index in [-0.39, 0.29) is 18.5 Å². The number of hydrogen-bond donors (Lipinski definition) is 1. The zero-order valence-corrected chi connectivity index (χ0v) is 20.9. The molecule has 1 N–H and O–H groups in total. The summed E-state index contributed by atoms with van der Waals surface area (Å²) in [5, 5.41) is 10.5. The molecule has 0 saturated carbocycles. The first-order valence-corrected chi connectivity index (χ1v) is 13.1. The van der Waals surface area contributed by atoms with Gasteiger partial charge in [0, 0.05) is 30.9 Å². The Morgan fingerprint density at radius 1 is 1.06 bits per heavy atom. The molecule has 2 aromatic carbocycles. The summed E-state index contributed by atoms with van der Waals surface area (Å²) < 4.78 is 24.1. The maximum atomic E-state index is 13.0. The summed E-state index contributed by atoms with van der Waals surface area (Å²) in [7, 11) is 0.328. The molecule has 0 aliphatic rings. The number of aryl methyl sites for hydroxylation is 1. The Kier molecular flexibility index (Phi) is 7.75. The Morgan fingerprint density at radius 2 is 1.71 bits per heavy atom. The Hall–Kier alpha value is -2.81. The molecule has 3 aromatic rings. The number of Topliss-reactive ketones (excluding diaryl/α,β-unsaturated/α-hetero) is 1. The Labute approximate surface area is 200 Å². The minimum absolute atomic E-state index is 0.0419. The zero-order valence-electron chi connectivity index (χ0n) is 20.1. The van der Waals surface area contributed by atoms with E-state index in [1.165, 1.54) is 17.1 Å². The van der Waals surface area contributed by atoms with Crippen molar-refractivity contribution in [2.75, 3.05) is 33.5 Å². The highest BCUT2D eigenvalue weighted by molar-refractivity contribution is 7.92. The van der Waals surface area contributed by atoms with Crippen LogP contribution in [0.15, 0.2) is 59.5 Å². The molecule has 0 fully saturated rings. The van der Waals surface area contributed by atoms with Gasteiger partial charge in [-0.2, -0.15) is 0 Å². The van der Waals surface area contributed by atoms with Crippen LogP contribution in [0.25, 0.3) is 21.9 Å². The molecular weight excluding hydrogens is 452 g/mol. The van der Waals surface area contributed by atoms with E-state index >= 15 is 0 Å². The molecule has 1 heterocycles. The fraction of sp³-hybridized carbons (Fsp3) is 0.385. The highest BCUT2D eigenvalue weighted by atomic mass is 32.2. The lowest BCUT2D eigenvalue weighted by atomic mass is 10.00. The summed E-state index contributed by atoms with van der Waals surface area (Å²) in [4.78, 5) is 27.3. The van der Waals surface area contributed by atoms with Crippen LogP contribution in [0, 0.1) is 0 Å². The predicted molar refractivity (Wildman–Crippen MR) is 136 cm³/mol. The van der Waals surface area contributed by atoms with Gasteiger partial charge in [-0.25, -0.2) is 8.42 Å². The number of aromatic nitrogens is 1. The van der Waals surface area contributed by atoms with Gasteiger partial charge in [-0.1, -0.05) is 30.3 Å². The van der Waals surface area contributed by atoms with Crippen LogP contribution in [0.3, 0.4) is 0 Å². The molecule has 0 unspecified atom stereocenters. The molecule has 8 heteroatoms. The smallest absolute Gasteiger partial charge is 0.258 e.